The Morgan fingerprint density at radius 1 is 1.60 bits per heavy atom. The smallest absolute Gasteiger partial charge is 0.0798 e. The van der Waals surface area contributed by atoms with Gasteiger partial charge < -0.3 is 4.74 Å². The van der Waals surface area contributed by atoms with E-state index < -0.39 is 0 Å². The van der Waals surface area contributed by atoms with E-state index in [4.69, 9.17) is 10.6 Å². The molecular formula is C10H17BrN2OS. The topological polar surface area (TPSA) is 47.3 Å². The molecule has 0 aliphatic heterocycles. The van der Waals surface area contributed by atoms with Crippen molar-refractivity contribution in [2.45, 2.75) is 32.4 Å². The van der Waals surface area contributed by atoms with Crippen LogP contribution in [0.2, 0.25) is 0 Å². The standard InChI is InChI=1S/C10H17BrN2OS/c1-10(2,3)14-6-8(13-12)9-7(11)4-5-15-9/h4-5,8,13H,6,12H2,1-3H3. The Balaban J connectivity index is 2.61. The fourth-order valence-electron chi connectivity index (χ4n) is 1.09. The zero-order valence-electron chi connectivity index (χ0n) is 9.21. The Kier molecular flexibility index (Phi) is 4.73. The molecule has 5 heteroatoms. The normalized spacial score (nSPS) is 14.2. The first-order chi connectivity index (χ1) is 6.94. The van der Waals surface area contributed by atoms with Crippen LogP contribution in [0.1, 0.15) is 31.7 Å². The van der Waals surface area contributed by atoms with Crippen LogP contribution in [0.25, 0.3) is 0 Å². The molecule has 15 heavy (non-hydrogen) atoms. The lowest BCUT2D eigenvalue weighted by atomic mass is 10.2. The fourth-order valence-corrected chi connectivity index (χ4v) is 2.78. The van der Waals surface area contributed by atoms with Gasteiger partial charge in [0.05, 0.1) is 18.2 Å². The van der Waals surface area contributed by atoms with Crippen LogP contribution in [0.5, 0.6) is 0 Å². The van der Waals surface area contributed by atoms with Crippen LogP contribution in [-0.4, -0.2) is 12.2 Å². The van der Waals surface area contributed by atoms with Gasteiger partial charge in [-0.1, -0.05) is 0 Å². The van der Waals surface area contributed by atoms with Gasteiger partial charge in [0.1, 0.15) is 0 Å². The Labute approximate surface area is 103 Å². The molecule has 0 aliphatic rings. The van der Waals surface area contributed by atoms with E-state index in [9.17, 15) is 0 Å². The van der Waals surface area contributed by atoms with Gasteiger partial charge in [0, 0.05) is 9.35 Å². The van der Waals surface area contributed by atoms with E-state index in [1.165, 1.54) is 4.88 Å². The molecule has 0 bridgehead atoms. The summed E-state index contributed by atoms with van der Waals surface area (Å²) >= 11 is 5.15. The van der Waals surface area contributed by atoms with Gasteiger partial charge in [-0.15, -0.1) is 11.3 Å². The SMILES string of the molecule is CC(C)(C)OCC(NN)c1sccc1Br. The summed E-state index contributed by atoms with van der Waals surface area (Å²) in [7, 11) is 0. The predicted molar refractivity (Wildman–Crippen MR) is 67.8 cm³/mol. The number of halogens is 1. The Bertz CT molecular complexity index is 309. The number of hydrazine groups is 1. The summed E-state index contributed by atoms with van der Waals surface area (Å²) in [6.07, 6.45) is 0. The molecule has 0 saturated heterocycles. The number of hydrogen-bond donors (Lipinski definition) is 2. The van der Waals surface area contributed by atoms with Crippen LogP contribution in [0.3, 0.4) is 0 Å². The molecule has 3 nitrogen and oxygen atoms in total. The zero-order valence-corrected chi connectivity index (χ0v) is 11.6. The second-order valence-corrected chi connectivity index (χ2v) is 6.08. The van der Waals surface area contributed by atoms with Gasteiger partial charge in [0.2, 0.25) is 0 Å². The highest BCUT2D eigenvalue weighted by Gasteiger charge is 2.18. The third-order valence-corrected chi connectivity index (χ3v) is 3.83. The van der Waals surface area contributed by atoms with Crippen molar-refractivity contribution in [2.75, 3.05) is 6.61 Å². The van der Waals surface area contributed by atoms with Gasteiger partial charge in [0.25, 0.3) is 0 Å². The number of thiophene rings is 1. The molecule has 1 unspecified atom stereocenters. The van der Waals surface area contributed by atoms with E-state index in [1.54, 1.807) is 11.3 Å². The fraction of sp³-hybridized carbons (Fsp3) is 0.600. The molecule has 0 radical (unpaired) electrons. The van der Waals surface area contributed by atoms with Crippen molar-refractivity contribution in [3.05, 3.63) is 20.8 Å². The van der Waals surface area contributed by atoms with Gasteiger partial charge in [-0.2, -0.15) is 0 Å². The lowest BCUT2D eigenvalue weighted by Gasteiger charge is -2.23. The first kappa shape index (κ1) is 13.1. The highest BCUT2D eigenvalue weighted by atomic mass is 79.9. The van der Waals surface area contributed by atoms with Crippen molar-refractivity contribution in [3.8, 4) is 0 Å². The van der Waals surface area contributed by atoms with Crippen LogP contribution < -0.4 is 11.3 Å². The maximum atomic E-state index is 5.70. The summed E-state index contributed by atoms with van der Waals surface area (Å²) in [5.74, 6) is 5.52. The zero-order chi connectivity index (χ0) is 11.5. The van der Waals surface area contributed by atoms with Gasteiger partial charge in [0.15, 0.2) is 0 Å². The van der Waals surface area contributed by atoms with Crippen LogP contribution in [-0.2, 0) is 4.74 Å². The van der Waals surface area contributed by atoms with E-state index in [0.717, 1.165) is 4.47 Å². The summed E-state index contributed by atoms with van der Waals surface area (Å²) in [6, 6.07) is 2.06. The second kappa shape index (κ2) is 5.41. The number of nitrogens with one attached hydrogen (secondary N) is 1. The average molecular weight is 293 g/mol. The monoisotopic (exact) mass is 292 g/mol. The van der Waals surface area contributed by atoms with Crippen LogP contribution in [0.4, 0.5) is 0 Å². The maximum absolute atomic E-state index is 5.70. The van der Waals surface area contributed by atoms with E-state index >= 15 is 0 Å². The van der Waals surface area contributed by atoms with Gasteiger partial charge in [-0.25, -0.2) is 5.43 Å². The van der Waals surface area contributed by atoms with E-state index in [0.29, 0.717) is 6.61 Å². The summed E-state index contributed by atoms with van der Waals surface area (Å²) in [4.78, 5) is 1.17. The minimum atomic E-state index is -0.140. The molecule has 0 fully saturated rings. The van der Waals surface area contributed by atoms with Crippen molar-refractivity contribution in [3.63, 3.8) is 0 Å². The first-order valence-electron chi connectivity index (χ1n) is 4.77. The van der Waals surface area contributed by atoms with Crippen LogP contribution in [0, 0.1) is 0 Å². The molecule has 0 aromatic carbocycles. The highest BCUT2D eigenvalue weighted by Crippen LogP contribution is 2.29. The van der Waals surface area contributed by atoms with Crippen LogP contribution >= 0.6 is 27.3 Å². The number of nitrogens with two attached hydrogens (primary N) is 1. The van der Waals surface area contributed by atoms with E-state index in [2.05, 4.69) is 21.4 Å². The molecule has 86 valence electrons. The Morgan fingerprint density at radius 3 is 2.67 bits per heavy atom. The van der Waals surface area contributed by atoms with Crippen molar-refractivity contribution in [1.82, 2.24) is 5.43 Å². The molecule has 1 aromatic rings. The van der Waals surface area contributed by atoms with Crippen molar-refractivity contribution in [2.24, 2.45) is 5.84 Å². The largest absolute Gasteiger partial charge is 0.374 e. The molecule has 0 amide bonds. The summed E-state index contributed by atoms with van der Waals surface area (Å²) in [5, 5.41) is 2.03. The molecule has 3 N–H and O–H groups in total. The third-order valence-electron chi connectivity index (χ3n) is 1.85. The molecule has 1 rings (SSSR count). The van der Waals surface area contributed by atoms with Gasteiger partial charge in [-0.3, -0.25) is 5.84 Å². The minimum Gasteiger partial charge on any atom is -0.374 e. The number of rotatable bonds is 4. The van der Waals surface area contributed by atoms with Crippen molar-refractivity contribution >= 4 is 27.3 Å². The van der Waals surface area contributed by atoms with Gasteiger partial charge in [-0.05, 0) is 48.1 Å². The highest BCUT2D eigenvalue weighted by molar-refractivity contribution is 9.10. The Hall–Kier alpha value is 0.0600. The van der Waals surface area contributed by atoms with E-state index in [-0.39, 0.29) is 11.6 Å². The third kappa shape index (κ3) is 4.20. The lowest BCUT2D eigenvalue weighted by Crippen LogP contribution is -2.34. The summed E-state index contributed by atoms with van der Waals surface area (Å²) in [5.41, 5.74) is 2.63. The van der Waals surface area contributed by atoms with Crippen molar-refractivity contribution in [1.29, 1.82) is 0 Å². The number of hydrogen-bond acceptors (Lipinski definition) is 4. The quantitative estimate of drug-likeness (QED) is 0.663. The summed E-state index contributed by atoms with van der Waals surface area (Å²) < 4.78 is 6.78. The molecular weight excluding hydrogens is 276 g/mol. The average Bonchev–Trinajstić information content (AvgIpc) is 2.52. The summed E-state index contributed by atoms with van der Waals surface area (Å²) in [6.45, 7) is 6.66. The molecule has 1 atom stereocenters. The van der Waals surface area contributed by atoms with Gasteiger partial charge >= 0.3 is 0 Å². The molecule has 0 saturated carbocycles. The van der Waals surface area contributed by atoms with Crippen molar-refractivity contribution < 1.29 is 4.74 Å². The Morgan fingerprint density at radius 2 is 2.27 bits per heavy atom. The van der Waals surface area contributed by atoms with E-state index in [1.807, 2.05) is 32.2 Å². The second-order valence-electron chi connectivity index (χ2n) is 4.28. The molecule has 0 aliphatic carbocycles. The predicted octanol–water partition coefficient (Wildman–Crippen LogP) is 2.83. The maximum Gasteiger partial charge on any atom is 0.0798 e. The molecule has 0 spiro atoms. The first-order valence-corrected chi connectivity index (χ1v) is 6.44. The number of ether oxygens (including phenoxy) is 1. The van der Waals surface area contributed by atoms with Crippen LogP contribution in [0.15, 0.2) is 15.9 Å². The lowest BCUT2D eigenvalue weighted by molar-refractivity contribution is -0.0144. The molecule has 1 heterocycles. The molecule has 1 aromatic heterocycles. The minimum absolute atomic E-state index is 0.0404.